The average Bonchev–Trinajstić information content (AvgIpc) is 4.29. The molecule has 2 aliphatic heterocycles. The first-order valence-corrected chi connectivity index (χ1v) is 27.9. The predicted molar refractivity (Wildman–Crippen MR) is 308 cm³/mol. The van der Waals surface area contributed by atoms with Crippen LogP contribution in [0.1, 0.15) is 60.9 Å². The van der Waals surface area contributed by atoms with Gasteiger partial charge >= 0.3 is 0 Å². The molecule has 6 heterocycles. The number of thiophene rings is 2. The Morgan fingerprint density at radius 2 is 1.36 bits per heavy atom. The van der Waals surface area contributed by atoms with E-state index < -0.39 is 0 Å². The van der Waals surface area contributed by atoms with Crippen LogP contribution in [0.25, 0.3) is 80.9 Å². The molecule has 0 spiro atoms. The lowest BCUT2D eigenvalue weighted by atomic mass is 9.79. The van der Waals surface area contributed by atoms with Gasteiger partial charge in [-0.1, -0.05) is 140 Å². The van der Waals surface area contributed by atoms with Crippen LogP contribution in [0.15, 0.2) is 187 Å². The SMILES string of the molecule is C1=CCC(N(C2=CC=C3c4cc5c(cc4N4C6=CCCC=C6C2C34)c2ccc(N(C3=CCCc4c3sc3ccccc43)C3C=CC=CC3)c3c4c(n5c32)=CCCC=4)c2cccc3c2sc2ccccc23)C=C1. The van der Waals surface area contributed by atoms with Crippen molar-refractivity contribution in [3.63, 3.8) is 0 Å². The lowest BCUT2D eigenvalue weighted by Crippen LogP contribution is -2.41. The molecule has 6 heteroatoms. The van der Waals surface area contributed by atoms with Crippen molar-refractivity contribution in [2.24, 2.45) is 5.92 Å². The van der Waals surface area contributed by atoms with E-state index in [0.717, 1.165) is 51.4 Å². The molecule has 4 nitrogen and oxygen atoms in total. The van der Waals surface area contributed by atoms with Crippen molar-refractivity contribution in [3.8, 4) is 0 Å². The maximum absolute atomic E-state index is 2.77. The summed E-state index contributed by atoms with van der Waals surface area (Å²) in [5.41, 5.74) is 16.8. The molecular weight excluding hydrogens is 913 g/mol. The Morgan fingerprint density at radius 3 is 2.22 bits per heavy atom. The number of fused-ring (bicyclic) bond motifs is 18. The van der Waals surface area contributed by atoms with Crippen molar-refractivity contribution in [2.45, 2.75) is 69.5 Å². The smallest absolute Gasteiger partial charge is 0.0722 e. The van der Waals surface area contributed by atoms with Crippen molar-refractivity contribution < 1.29 is 0 Å². The van der Waals surface area contributed by atoms with Gasteiger partial charge < -0.3 is 19.1 Å². The molecule has 0 N–H and O–H groups in total. The van der Waals surface area contributed by atoms with Gasteiger partial charge in [0, 0.05) is 63.9 Å². The summed E-state index contributed by atoms with van der Waals surface area (Å²) in [6, 6.07) is 35.8. The lowest BCUT2D eigenvalue weighted by Gasteiger charge is -2.40. The molecule has 72 heavy (non-hydrogen) atoms. The maximum Gasteiger partial charge on any atom is 0.0722 e. The number of hydrogen-bond acceptors (Lipinski definition) is 5. The fourth-order valence-corrected chi connectivity index (χ4v) is 17.0. The van der Waals surface area contributed by atoms with Crippen molar-refractivity contribution in [1.82, 2.24) is 4.40 Å². The van der Waals surface area contributed by atoms with Gasteiger partial charge in [-0.15, -0.1) is 22.7 Å². The summed E-state index contributed by atoms with van der Waals surface area (Å²) < 4.78 is 6.79. The van der Waals surface area contributed by atoms with Gasteiger partial charge in [0.1, 0.15) is 0 Å². The van der Waals surface area contributed by atoms with Crippen molar-refractivity contribution >= 4 is 121 Å². The predicted octanol–water partition coefficient (Wildman–Crippen LogP) is 15.4. The molecule has 0 bridgehead atoms. The molecule has 8 aliphatic rings. The highest BCUT2D eigenvalue weighted by Crippen LogP contribution is 2.60. The van der Waals surface area contributed by atoms with Gasteiger partial charge in [-0.05, 0) is 116 Å². The molecule has 17 rings (SSSR count). The van der Waals surface area contributed by atoms with E-state index in [4.69, 9.17) is 0 Å². The second-order valence-corrected chi connectivity index (χ2v) is 23.1. The molecule has 1 saturated heterocycles. The molecule has 5 aromatic carbocycles. The number of benzene rings is 5. The molecular formula is C66H50N4S2. The van der Waals surface area contributed by atoms with Crippen LogP contribution in [0, 0.1) is 5.92 Å². The standard InChI is InChI=1S/C66H50N4S2/c1-3-17-39(18-4-1)67(55-29-15-25-45-41-21-9-13-31-59(41)71-65(45)55)53-35-33-43-49-37-58-50(38-57(49)69-51-27-11-7-23-47(51)61(53)63(43)69)44-34-36-54(62-48-24-8-12-28-52(48)70(58)64(44)62)68(40-19-5-2-6-20-40)56-30-16-26-46-42-22-10-14-32-60(42)72-66(46)56/h1-6,9-10,13-15,17,19,21-25,27-40,61,63H,7-8,11-12,16,18,20,26H2. The van der Waals surface area contributed by atoms with Gasteiger partial charge in [-0.25, -0.2) is 0 Å². The Hall–Kier alpha value is -7.38. The van der Waals surface area contributed by atoms with Crippen LogP contribution in [0.5, 0.6) is 0 Å². The van der Waals surface area contributed by atoms with Crippen LogP contribution in [-0.2, 0) is 6.42 Å². The monoisotopic (exact) mass is 962 g/mol. The van der Waals surface area contributed by atoms with Crippen LogP contribution in [0.2, 0.25) is 0 Å². The minimum absolute atomic E-state index is 0.194. The molecule has 0 saturated carbocycles. The summed E-state index contributed by atoms with van der Waals surface area (Å²) in [4.78, 5) is 9.69. The molecule has 1 fully saturated rings. The summed E-state index contributed by atoms with van der Waals surface area (Å²) in [5, 5.41) is 11.0. The molecule has 9 aromatic rings. The van der Waals surface area contributed by atoms with Gasteiger partial charge in [-0.2, -0.15) is 0 Å². The normalized spacial score (nSPS) is 22.4. The molecule has 346 valence electrons. The quantitative estimate of drug-likeness (QED) is 0.165. The summed E-state index contributed by atoms with van der Waals surface area (Å²) in [6.45, 7) is 0. The van der Waals surface area contributed by atoms with Crippen LogP contribution < -0.4 is 25.3 Å². The Balaban J connectivity index is 0.879. The molecule has 6 aliphatic carbocycles. The van der Waals surface area contributed by atoms with E-state index in [0.29, 0.717) is 0 Å². The first-order chi connectivity index (χ1) is 35.8. The summed E-state index contributed by atoms with van der Waals surface area (Å²) >= 11 is 3.93. The van der Waals surface area contributed by atoms with Gasteiger partial charge in [0.25, 0.3) is 0 Å². The summed E-state index contributed by atoms with van der Waals surface area (Å²) in [6.07, 6.45) is 44.8. The van der Waals surface area contributed by atoms with E-state index in [-0.39, 0.29) is 24.0 Å². The highest BCUT2D eigenvalue weighted by molar-refractivity contribution is 7.26. The average molecular weight is 963 g/mol. The zero-order valence-corrected chi connectivity index (χ0v) is 41.5. The van der Waals surface area contributed by atoms with Crippen molar-refractivity contribution in [2.75, 3.05) is 14.7 Å². The van der Waals surface area contributed by atoms with E-state index in [2.05, 4.69) is 201 Å². The second-order valence-electron chi connectivity index (χ2n) is 21.0. The van der Waals surface area contributed by atoms with Crippen LogP contribution in [-0.4, -0.2) is 22.5 Å². The zero-order chi connectivity index (χ0) is 46.8. The number of aryl methyl sites for hydroxylation is 1. The number of aromatic nitrogens is 1. The second kappa shape index (κ2) is 15.1. The first kappa shape index (κ1) is 40.2. The van der Waals surface area contributed by atoms with Crippen LogP contribution in [0.4, 0.5) is 17.1 Å². The Labute approximate surface area is 426 Å². The van der Waals surface area contributed by atoms with Gasteiger partial charge in [-0.3, -0.25) is 0 Å². The minimum atomic E-state index is 0.194. The highest BCUT2D eigenvalue weighted by atomic mass is 32.1. The maximum atomic E-state index is 2.77. The van der Waals surface area contributed by atoms with Crippen molar-refractivity contribution in [3.05, 3.63) is 214 Å². The third-order valence-electron chi connectivity index (χ3n) is 17.3. The fraction of sp³-hybridized carbons (Fsp3) is 0.182. The first-order valence-electron chi connectivity index (χ1n) is 26.3. The molecule has 4 unspecified atom stereocenters. The summed E-state index contributed by atoms with van der Waals surface area (Å²) in [5.74, 6) is 0.205. The van der Waals surface area contributed by atoms with E-state index >= 15 is 0 Å². The van der Waals surface area contributed by atoms with Gasteiger partial charge in [0.05, 0.1) is 67.4 Å². The highest BCUT2D eigenvalue weighted by Gasteiger charge is 2.53. The Morgan fingerprint density at radius 1 is 0.583 bits per heavy atom. The number of allylic oxidation sites excluding steroid dienone is 10. The third kappa shape index (κ3) is 5.36. The van der Waals surface area contributed by atoms with E-state index in [1.54, 1.807) is 0 Å². The molecule has 4 aromatic heterocycles. The number of rotatable bonds is 6. The van der Waals surface area contributed by atoms with Gasteiger partial charge in [0.2, 0.25) is 0 Å². The topological polar surface area (TPSA) is 14.1 Å². The summed E-state index contributed by atoms with van der Waals surface area (Å²) in [7, 11) is 0. The largest absolute Gasteiger partial charge is 0.336 e. The molecule has 4 atom stereocenters. The number of anilines is 3. The molecule has 0 amide bonds. The Bertz CT molecular complexity index is 4340. The van der Waals surface area contributed by atoms with Crippen molar-refractivity contribution in [1.29, 1.82) is 0 Å². The van der Waals surface area contributed by atoms with Crippen LogP contribution in [0.3, 0.4) is 0 Å². The fourth-order valence-electron chi connectivity index (χ4n) is 14.5. The minimum Gasteiger partial charge on any atom is -0.336 e. The molecule has 0 radical (unpaired) electrons. The number of nitrogens with zero attached hydrogens (tertiary/aromatic N) is 4. The van der Waals surface area contributed by atoms with E-state index in [1.807, 2.05) is 22.7 Å². The van der Waals surface area contributed by atoms with Crippen LogP contribution >= 0.6 is 22.7 Å². The lowest BCUT2D eigenvalue weighted by molar-refractivity contribution is 0.626. The zero-order valence-electron chi connectivity index (χ0n) is 39.9. The van der Waals surface area contributed by atoms with E-state index in [9.17, 15) is 0 Å². The van der Waals surface area contributed by atoms with E-state index in [1.165, 1.54) is 129 Å². The van der Waals surface area contributed by atoms with Gasteiger partial charge in [0.15, 0.2) is 0 Å². The Kier molecular flexibility index (Phi) is 8.43. The number of hydrogen-bond donors (Lipinski definition) is 0. The third-order valence-corrected chi connectivity index (χ3v) is 19.8.